The van der Waals surface area contributed by atoms with Gasteiger partial charge < -0.3 is 14.7 Å². The van der Waals surface area contributed by atoms with Crippen molar-refractivity contribution in [1.82, 2.24) is 14.9 Å². The maximum atomic E-state index is 13.8. The van der Waals surface area contributed by atoms with E-state index < -0.39 is 0 Å². The molecule has 1 unspecified atom stereocenters. The monoisotopic (exact) mass is 397 g/mol. The topological polar surface area (TPSA) is 52.6 Å². The van der Waals surface area contributed by atoms with Gasteiger partial charge >= 0.3 is 0 Å². The lowest BCUT2D eigenvalue weighted by atomic mass is 10.0. The number of carbonyl (C=O) groups is 1. The highest BCUT2D eigenvalue weighted by molar-refractivity contribution is 5.79. The van der Waals surface area contributed by atoms with Gasteiger partial charge in [-0.1, -0.05) is 25.1 Å². The number of carbonyl (C=O) groups excluding carboxylic acids is 1. The highest BCUT2D eigenvalue weighted by Crippen LogP contribution is 2.24. The van der Waals surface area contributed by atoms with Gasteiger partial charge in [-0.25, -0.2) is 14.4 Å². The van der Waals surface area contributed by atoms with Crippen molar-refractivity contribution < 1.29 is 9.18 Å². The number of benzene rings is 1. The summed E-state index contributed by atoms with van der Waals surface area (Å²) < 4.78 is 13.8. The van der Waals surface area contributed by atoms with Crippen LogP contribution in [0.25, 0.3) is 0 Å². The number of rotatable bonds is 4. The summed E-state index contributed by atoms with van der Waals surface area (Å²) in [5.74, 6) is 2.24. The van der Waals surface area contributed by atoms with Crippen LogP contribution in [-0.4, -0.2) is 60.0 Å². The van der Waals surface area contributed by atoms with Crippen LogP contribution in [0, 0.1) is 11.7 Å². The van der Waals surface area contributed by atoms with Crippen LogP contribution in [0.4, 0.5) is 16.0 Å². The standard InChI is InChI=1S/C22H28FN5O/c1-17-5-4-8-28(15-17)21-14-20(24-16-25-21)26-9-11-27(12-10-26)22(29)13-18-6-2-3-7-19(18)23/h2-3,6-7,14,16-17H,4-5,8-13,15H2,1H3. The van der Waals surface area contributed by atoms with Gasteiger partial charge in [0.05, 0.1) is 6.42 Å². The highest BCUT2D eigenvalue weighted by Gasteiger charge is 2.24. The number of piperazine rings is 1. The van der Waals surface area contributed by atoms with Gasteiger partial charge in [-0.05, 0) is 30.4 Å². The summed E-state index contributed by atoms with van der Waals surface area (Å²) in [6, 6.07) is 8.54. The van der Waals surface area contributed by atoms with Crippen LogP contribution in [0.1, 0.15) is 25.3 Å². The van der Waals surface area contributed by atoms with E-state index in [0.717, 1.165) is 37.8 Å². The maximum absolute atomic E-state index is 13.8. The molecule has 2 saturated heterocycles. The molecule has 7 heteroatoms. The van der Waals surface area contributed by atoms with Crippen LogP contribution in [0.2, 0.25) is 0 Å². The zero-order valence-electron chi connectivity index (χ0n) is 16.9. The van der Waals surface area contributed by atoms with Crippen molar-refractivity contribution in [3.8, 4) is 0 Å². The minimum absolute atomic E-state index is 0.0274. The number of halogens is 1. The second kappa shape index (κ2) is 8.76. The van der Waals surface area contributed by atoms with Gasteiger partial charge in [-0.3, -0.25) is 4.79 Å². The molecule has 1 amide bonds. The Morgan fingerprint density at radius 3 is 2.52 bits per heavy atom. The van der Waals surface area contributed by atoms with E-state index in [9.17, 15) is 9.18 Å². The molecule has 0 saturated carbocycles. The van der Waals surface area contributed by atoms with Crippen LogP contribution < -0.4 is 9.80 Å². The molecule has 29 heavy (non-hydrogen) atoms. The van der Waals surface area contributed by atoms with E-state index in [1.165, 1.54) is 18.9 Å². The second-order valence-electron chi connectivity index (χ2n) is 8.06. The predicted octanol–water partition coefficient (Wildman–Crippen LogP) is 2.74. The number of anilines is 2. The van der Waals surface area contributed by atoms with Crippen molar-refractivity contribution in [1.29, 1.82) is 0 Å². The number of amides is 1. The molecule has 2 aliphatic heterocycles. The van der Waals surface area contributed by atoms with E-state index >= 15 is 0 Å². The summed E-state index contributed by atoms with van der Waals surface area (Å²) in [6.45, 7) is 7.03. The van der Waals surface area contributed by atoms with Crippen LogP contribution in [0.5, 0.6) is 0 Å². The fourth-order valence-corrected chi connectivity index (χ4v) is 4.18. The van der Waals surface area contributed by atoms with E-state index in [2.05, 4.69) is 32.8 Å². The largest absolute Gasteiger partial charge is 0.356 e. The molecular formula is C22H28FN5O. The molecule has 154 valence electrons. The van der Waals surface area contributed by atoms with Crippen molar-refractivity contribution in [3.05, 3.63) is 48.0 Å². The van der Waals surface area contributed by atoms with Crippen molar-refractivity contribution in [2.24, 2.45) is 5.92 Å². The molecule has 2 aromatic rings. The Bertz CT molecular complexity index is 853. The first kappa shape index (κ1) is 19.6. The average Bonchev–Trinajstić information content (AvgIpc) is 2.75. The van der Waals surface area contributed by atoms with Gasteiger partial charge in [0.25, 0.3) is 0 Å². The first-order valence-electron chi connectivity index (χ1n) is 10.4. The summed E-state index contributed by atoms with van der Waals surface area (Å²) in [5, 5.41) is 0. The Labute approximate surface area is 171 Å². The summed E-state index contributed by atoms with van der Waals surface area (Å²) in [6.07, 6.45) is 4.22. The van der Waals surface area contributed by atoms with Crippen LogP contribution in [0.15, 0.2) is 36.7 Å². The van der Waals surface area contributed by atoms with E-state index in [-0.39, 0.29) is 18.1 Å². The van der Waals surface area contributed by atoms with E-state index in [0.29, 0.717) is 24.6 Å². The summed E-state index contributed by atoms with van der Waals surface area (Å²) >= 11 is 0. The number of hydrogen-bond donors (Lipinski definition) is 0. The molecule has 1 aromatic heterocycles. The van der Waals surface area contributed by atoms with E-state index in [1.54, 1.807) is 24.5 Å². The predicted molar refractivity (Wildman–Crippen MR) is 112 cm³/mol. The van der Waals surface area contributed by atoms with Crippen LogP contribution in [-0.2, 0) is 11.2 Å². The number of aromatic nitrogens is 2. The third-order valence-electron chi connectivity index (χ3n) is 5.88. The van der Waals surface area contributed by atoms with Crippen LogP contribution in [0.3, 0.4) is 0 Å². The van der Waals surface area contributed by atoms with Gasteiger partial charge in [0.2, 0.25) is 5.91 Å². The second-order valence-corrected chi connectivity index (χ2v) is 8.06. The lowest BCUT2D eigenvalue weighted by Gasteiger charge is -2.36. The third kappa shape index (κ3) is 4.66. The Balaban J connectivity index is 1.35. The van der Waals surface area contributed by atoms with E-state index in [4.69, 9.17) is 0 Å². The van der Waals surface area contributed by atoms with Crippen molar-refractivity contribution in [3.63, 3.8) is 0 Å². The zero-order chi connectivity index (χ0) is 20.2. The van der Waals surface area contributed by atoms with Gasteiger partial charge in [0.15, 0.2) is 0 Å². The fraction of sp³-hybridized carbons (Fsp3) is 0.500. The molecule has 1 atom stereocenters. The number of hydrogen-bond acceptors (Lipinski definition) is 5. The van der Waals surface area contributed by atoms with Crippen molar-refractivity contribution >= 4 is 17.5 Å². The molecule has 0 spiro atoms. The molecule has 4 rings (SSSR count). The first-order chi connectivity index (χ1) is 14.1. The quantitative estimate of drug-likeness (QED) is 0.794. The van der Waals surface area contributed by atoms with Gasteiger partial charge in [0.1, 0.15) is 23.8 Å². The minimum Gasteiger partial charge on any atom is -0.356 e. The molecule has 2 fully saturated rings. The maximum Gasteiger partial charge on any atom is 0.227 e. The molecule has 0 aliphatic carbocycles. The van der Waals surface area contributed by atoms with Gasteiger partial charge in [-0.2, -0.15) is 0 Å². The Hall–Kier alpha value is -2.70. The normalized spacial score (nSPS) is 20.1. The molecule has 0 N–H and O–H groups in total. The van der Waals surface area contributed by atoms with Crippen LogP contribution >= 0.6 is 0 Å². The smallest absolute Gasteiger partial charge is 0.227 e. The summed E-state index contributed by atoms with van der Waals surface area (Å²) in [5.41, 5.74) is 0.455. The third-order valence-corrected chi connectivity index (χ3v) is 5.88. The number of nitrogens with zero attached hydrogens (tertiary/aromatic N) is 5. The molecule has 2 aliphatic rings. The molecule has 3 heterocycles. The Morgan fingerprint density at radius 1 is 1.07 bits per heavy atom. The van der Waals surface area contributed by atoms with Crippen molar-refractivity contribution in [2.75, 3.05) is 49.1 Å². The Kier molecular flexibility index (Phi) is 5.92. The molecule has 0 radical (unpaired) electrons. The summed E-state index contributed by atoms with van der Waals surface area (Å²) in [7, 11) is 0. The van der Waals surface area contributed by atoms with Gasteiger partial charge in [-0.15, -0.1) is 0 Å². The lowest BCUT2D eigenvalue weighted by Crippen LogP contribution is -2.49. The average molecular weight is 397 g/mol. The molecule has 0 bridgehead atoms. The number of piperidine rings is 1. The Morgan fingerprint density at radius 2 is 1.79 bits per heavy atom. The first-order valence-corrected chi connectivity index (χ1v) is 10.4. The zero-order valence-corrected chi connectivity index (χ0v) is 16.9. The molecule has 1 aromatic carbocycles. The summed E-state index contributed by atoms with van der Waals surface area (Å²) in [4.78, 5) is 27.9. The molecule has 6 nitrogen and oxygen atoms in total. The SMILES string of the molecule is CC1CCCN(c2cc(N3CCN(C(=O)Cc4ccccc4F)CC3)ncn2)C1. The minimum atomic E-state index is -0.319. The van der Waals surface area contributed by atoms with E-state index in [1.807, 2.05) is 4.90 Å². The molecular weight excluding hydrogens is 369 g/mol. The lowest BCUT2D eigenvalue weighted by molar-refractivity contribution is -0.130. The van der Waals surface area contributed by atoms with Crippen molar-refractivity contribution in [2.45, 2.75) is 26.2 Å². The highest BCUT2D eigenvalue weighted by atomic mass is 19.1. The fourth-order valence-electron chi connectivity index (χ4n) is 4.18. The van der Waals surface area contributed by atoms with Gasteiger partial charge in [0, 0.05) is 45.3 Å².